The van der Waals surface area contributed by atoms with Gasteiger partial charge in [-0.1, -0.05) is 15.9 Å². The molecule has 0 radical (unpaired) electrons. The first-order valence-electron chi connectivity index (χ1n) is 3.07. The van der Waals surface area contributed by atoms with Crippen LogP contribution in [0, 0.1) is 0 Å². The lowest BCUT2D eigenvalue weighted by molar-refractivity contribution is 0.780. The van der Waals surface area contributed by atoms with E-state index in [-0.39, 0.29) is 6.04 Å². The molecular weight excluding hydrogens is 192 g/mol. The lowest BCUT2D eigenvalue weighted by Crippen LogP contribution is -2.06. The van der Waals surface area contributed by atoms with Crippen LogP contribution in [0.1, 0.15) is 18.7 Å². The number of hydrogen-bond acceptors (Lipinski definition) is 2. The minimum absolute atomic E-state index is 0.0116. The van der Waals surface area contributed by atoms with Gasteiger partial charge >= 0.3 is 0 Å². The van der Waals surface area contributed by atoms with Gasteiger partial charge in [-0.25, -0.2) is 0 Å². The predicted molar refractivity (Wildman–Crippen MR) is 44.5 cm³/mol. The van der Waals surface area contributed by atoms with Gasteiger partial charge in [0.15, 0.2) is 0 Å². The van der Waals surface area contributed by atoms with Crippen LogP contribution in [0.2, 0.25) is 0 Å². The van der Waals surface area contributed by atoms with E-state index < -0.39 is 0 Å². The van der Waals surface area contributed by atoms with Crippen LogP contribution in [-0.2, 0) is 0 Å². The van der Waals surface area contributed by atoms with Gasteiger partial charge in [0.05, 0.1) is 5.69 Å². The average molecular weight is 201 g/mol. The van der Waals surface area contributed by atoms with Crippen LogP contribution in [0.25, 0.3) is 0 Å². The lowest BCUT2D eigenvalue weighted by atomic mass is 10.2. The van der Waals surface area contributed by atoms with Crippen molar-refractivity contribution in [2.45, 2.75) is 13.0 Å². The van der Waals surface area contributed by atoms with Crippen molar-refractivity contribution in [2.24, 2.45) is 5.73 Å². The van der Waals surface area contributed by atoms with Gasteiger partial charge in [-0.15, -0.1) is 0 Å². The third-order valence-electron chi connectivity index (χ3n) is 1.21. The van der Waals surface area contributed by atoms with Crippen molar-refractivity contribution in [3.8, 4) is 0 Å². The molecule has 1 atom stereocenters. The summed E-state index contributed by atoms with van der Waals surface area (Å²) in [6.45, 7) is 1.91. The highest BCUT2D eigenvalue weighted by atomic mass is 79.9. The Labute approximate surface area is 68.6 Å². The highest BCUT2D eigenvalue weighted by Crippen LogP contribution is 2.12. The van der Waals surface area contributed by atoms with Crippen LogP contribution in [-0.4, -0.2) is 4.98 Å². The van der Waals surface area contributed by atoms with Gasteiger partial charge in [0.1, 0.15) is 0 Å². The first kappa shape index (κ1) is 7.69. The Balaban J connectivity index is 2.96. The highest BCUT2D eigenvalue weighted by Gasteiger charge is 1.98. The van der Waals surface area contributed by atoms with E-state index in [1.165, 1.54) is 0 Å². The molecular formula is C7H9BrN2. The summed E-state index contributed by atoms with van der Waals surface area (Å²) in [6.07, 6.45) is 1.74. The van der Waals surface area contributed by atoms with Crippen LogP contribution in [0.4, 0.5) is 0 Å². The van der Waals surface area contributed by atoms with Gasteiger partial charge in [0.2, 0.25) is 0 Å². The minimum atomic E-state index is 0.0116. The van der Waals surface area contributed by atoms with Crippen molar-refractivity contribution in [2.75, 3.05) is 0 Å². The summed E-state index contributed by atoms with van der Waals surface area (Å²) < 4.78 is 1.02. The number of rotatable bonds is 1. The van der Waals surface area contributed by atoms with E-state index in [1.54, 1.807) is 6.20 Å². The van der Waals surface area contributed by atoms with Gasteiger partial charge in [-0.05, 0) is 19.1 Å². The third-order valence-corrected chi connectivity index (χ3v) is 1.70. The number of hydrogen-bond donors (Lipinski definition) is 1. The zero-order valence-electron chi connectivity index (χ0n) is 5.71. The third kappa shape index (κ3) is 1.78. The second-order valence-electron chi connectivity index (χ2n) is 2.19. The molecule has 0 aliphatic heterocycles. The average Bonchev–Trinajstić information content (AvgIpc) is 1.88. The van der Waals surface area contributed by atoms with E-state index >= 15 is 0 Å². The van der Waals surface area contributed by atoms with Gasteiger partial charge in [-0.2, -0.15) is 0 Å². The molecule has 1 heterocycles. The maximum atomic E-state index is 5.60. The van der Waals surface area contributed by atoms with Gasteiger partial charge in [0.25, 0.3) is 0 Å². The molecule has 1 rings (SSSR count). The Morgan fingerprint density at radius 1 is 1.70 bits per heavy atom. The summed E-state index contributed by atoms with van der Waals surface area (Å²) in [4.78, 5) is 4.08. The molecule has 2 N–H and O–H groups in total. The summed E-state index contributed by atoms with van der Waals surface area (Å²) in [7, 11) is 0. The largest absolute Gasteiger partial charge is 0.323 e. The molecule has 0 bridgehead atoms. The van der Waals surface area contributed by atoms with Crippen molar-refractivity contribution in [1.82, 2.24) is 4.98 Å². The molecule has 0 fully saturated rings. The minimum Gasteiger partial charge on any atom is -0.323 e. The Morgan fingerprint density at radius 2 is 2.40 bits per heavy atom. The molecule has 2 nitrogen and oxygen atoms in total. The number of halogens is 1. The lowest BCUT2D eigenvalue weighted by Gasteiger charge is -2.02. The van der Waals surface area contributed by atoms with Gasteiger partial charge in [-0.3, -0.25) is 4.98 Å². The van der Waals surface area contributed by atoms with Crippen LogP contribution < -0.4 is 5.73 Å². The molecule has 1 aromatic heterocycles. The summed E-state index contributed by atoms with van der Waals surface area (Å²) in [5.74, 6) is 0. The van der Waals surface area contributed by atoms with E-state index in [0.29, 0.717) is 0 Å². The van der Waals surface area contributed by atoms with Crippen molar-refractivity contribution < 1.29 is 0 Å². The first-order chi connectivity index (χ1) is 4.70. The highest BCUT2D eigenvalue weighted by molar-refractivity contribution is 9.10. The maximum Gasteiger partial charge on any atom is 0.0579 e. The monoisotopic (exact) mass is 200 g/mol. The van der Waals surface area contributed by atoms with Crippen LogP contribution >= 0.6 is 15.9 Å². The smallest absolute Gasteiger partial charge is 0.0579 e. The molecule has 1 aromatic rings. The molecule has 0 aromatic carbocycles. The van der Waals surface area contributed by atoms with Crippen molar-refractivity contribution >= 4 is 15.9 Å². The normalized spacial score (nSPS) is 13.1. The number of pyridine rings is 1. The molecule has 1 unspecified atom stereocenters. The van der Waals surface area contributed by atoms with Crippen LogP contribution in [0.5, 0.6) is 0 Å². The van der Waals surface area contributed by atoms with E-state index in [4.69, 9.17) is 5.73 Å². The molecule has 0 amide bonds. The SMILES string of the molecule is CC(N)c1cc(Br)ccn1. The Hall–Kier alpha value is -0.410. The fourth-order valence-corrected chi connectivity index (χ4v) is 1.02. The molecule has 10 heavy (non-hydrogen) atoms. The zero-order chi connectivity index (χ0) is 7.56. The topological polar surface area (TPSA) is 38.9 Å². The van der Waals surface area contributed by atoms with Crippen molar-refractivity contribution in [1.29, 1.82) is 0 Å². The summed E-state index contributed by atoms with van der Waals surface area (Å²) in [5.41, 5.74) is 6.51. The standard InChI is InChI=1S/C7H9BrN2/c1-5(9)7-4-6(8)2-3-10-7/h2-5H,9H2,1H3. The second-order valence-corrected chi connectivity index (χ2v) is 3.10. The molecule has 0 saturated carbocycles. The van der Waals surface area contributed by atoms with E-state index in [1.807, 2.05) is 19.1 Å². The summed E-state index contributed by atoms with van der Waals surface area (Å²) in [6, 6.07) is 3.81. The van der Waals surface area contributed by atoms with Crippen LogP contribution in [0.15, 0.2) is 22.8 Å². The molecule has 54 valence electrons. The Morgan fingerprint density at radius 3 is 2.80 bits per heavy atom. The molecule has 0 aliphatic carbocycles. The van der Waals surface area contributed by atoms with Gasteiger partial charge in [0, 0.05) is 16.7 Å². The van der Waals surface area contributed by atoms with Crippen LogP contribution in [0.3, 0.4) is 0 Å². The van der Waals surface area contributed by atoms with E-state index in [9.17, 15) is 0 Å². The Bertz CT molecular complexity index is 223. The fourth-order valence-electron chi connectivity index (χ4n) is 0.670. The first-order valence-corrected chi connectivity index (χ1v) is 3.86. The molecule has 0 spiro atoms. The maximum absolute atomic E-state index is 5.60. The molecule has 0 saturated heterocycles. The van der Waals surface area contributed by atoms with Crippen molar-refractivity contribution in [3.05, 3.63) is 28.5 Å². The summed E-state index contributed by atoms with van der Waals surface area (Å²) >= 11 is 3.33. The zero-order valence-corrected chi connectivity index (χ0v) is 7.30. The van der Waals surface area contributed by atoms with Crippen molar-refractivity contribution in [3.63, 3.8) is 0 Å². The second kappa shape index (κ2) is 3.12. The van der Waals surface area contributed by atoms with E-state index in [0.717, 1.165) is 10.2 Å². The molecule has 0 aliphatic rings. The predicted octanol–water partition coefficient (Wildman–Crippen LogP) is 1.86. The summed E-state index contributed by atoms with van der Waals surface area (Å²) in [5, 5.41) is 0. The fraction of sp³-hybridized carbons (Fsp3) is 0.286. The molecule has 3 heteroatoms. The number of nitrogens with zero attached hydrogens (tertiary/aromatic N) is 1. The van der Waals surface area contributed by atoms with Gasteiger partial charge < -0.3 is 5.73 Å². The quantitative estimate of drug-likeness (QED) is 0.753. The number of aromatic nitrogens is 1. The Kier molecular flexibility index (Phi) is 2.40. The number of nitrogens with two attached hydrogens (primary N) is 1. The van der Waals surface area contributed by atoms with E-state index in [2.05, 4.69) is 20.9 Å².